The average molecular weight is 507 g/mol. The van der Waals surface area contributed by atoms with Crippen molar-refractivity contribution >= 4 is 28.4 Å². The molecule has 0 aliphatic heterocycles. The molecule has 4 rings (SSSR count). The highest BCUT2D eigenvalue weighted by Crippen LogP contribution is 2.32. The fourth-order valence-corrected chi connectivity index (χ4v) is 4.12. The Morgan fingerprint density at radius 1 is 0.892 bits per heavy atom. The number of carbonyl (C=O) groups is 2. The number of anilines is 1. The number of benzene rings is 3. The predicted octanol–water partition coefficient (Wildman–Crippen LogP) is 4.42. The quantitative estimate of drug-likeness (QED) is 0.330. The van der Waals surface area contributed by atoms with Gasteiger partial charge in [0.15, 0.2) is 0 Å². The lowest BCUT2D eigenvalue weighted by molar-refractivity contribution is -0.138. The fraction of sp³-hybridized carbons (Fsp3) is 0.179. The van der Waals surface area contributed by atoms with Crippen LogP contribution in [0, 0.1) is 0 Å². The van der Waals surface area contributed by atoms with E-state index in [9.17, 15) is 22.8 Å². The summed E-state index contributed by atoms with van der Waals surface area (Å²) in [6.45, 7) is 0.144. The summed E-state index contributed by atoms with van der Waals surface area (Å²) in [4.78, 5) is 30.1. The third kappa shape index (κ3) is 6.63. The Balaban J connectivity index is 1.55. The van der Waals surface area contributed by atoms with E-state index in [1.807, 2.05) is 42.5 Å². The van der Waals surface area contributed by atoms with E-state index in [1.165, 1.54) is 24.4 Å². The maximum absolute atomic E-state index is 13.4. The van der Waals surface area contributed by atoms with Gasteiger partial charge in [-0.25, -0.2) is 4.98 Å². The topological polar surface area (TPSA) is 97.1 Å². The normalized spacial score (nSPS) is 12.2. The smallest absolute Gasteiger partial charge is 0.384 e. The van der Waals surface area contributed by atoms with Crippen molar-refractivity contribution in [1.82, 2.24) is 15.6 Å². The Bertz CT molecular complexity index is 1400. The van der Waals surface area contributed by atoms with Gasteiger partial charge in [0.25, 0.3) is 0 Å². The van der Waals surface area contributed by atoms with Crippen molar-refractivity contribution in [2.75, 3.05) is 5.73 Å². The van der Waals surface area contributed by atoms with E-state index in [0.717, 1.165) is 22.4 Å². The number of hydrogen-bond donors (Lipinski definition) is 3. The highest BCUT2D eigenvalue weighted by atomic mass is 19.4. The summed E-state index contributed by atoms with van der Waals surface area (Å²) in [7, 11) is 0. The second kappa shape index (κ2) is 11.1. The Morgan fingerprint density at radius 3 is 2.35 bits per heavy atom. The van der Waals surface area contributed by atoms with Crippen molar-refractivity contribution in [2.24, 2.45) is 0 Å². The van der Waals surface area contributed by atoms with Crippen molar-refractivity contribution in [1.29, 1.82) is 0 Å². The molecule has 6 nitrogen and oxygen atoms in total. The fourth-order valence-electron chi connectivity index (χ4n) is 4.12. The van der Waals surface area contributed by atoms with Crippen LogP contribution in [0.25, 0.3) is 10.8 Å². The number of alkyl halides is 3. The van der Waals surface area contributed by atoms with Crippen molar-refractivity contribution in [3.8, 4) is 0 Å². The van der Waals surface area contributed by atoms with Crippen molar-refractivity contribution in [2.45, 2.75) is 31.6 Å². The van der Waals surface area contributed by atoms with Gasteiger partial charge >= 0.3 is 6.18 Å². The molecule has 0 radical (unpaired) electrons. The first-order valence-electron chi connectivity index (χ1n) is 11.6. The minimum atomic E-state index is -4.59. The van der Waals surface area contributed by atoms with Crippen LogP contribution in [0.1, 0.15) is 22.3 Å². The van der Waals surface area contributed by atoms with Crippen LogP contribution in [0.15, 0.2) is 85.1 Å². The summed E-state index contributed by atoms with van der Waals surface area (Å²) in [5, 5.41) is 7.31. The van der Waals surface area contributed by atoms with E-state index >= 15 is 0 Å². The van der Waals surface area contributed by atoms with Crippen LogP contribution < -0.4 is 16.4 Å². The number of carbonyl (C=O) groups excluding carboxylic acids is 2. The van der Waals surface area contributed by atoms with Gasteiger partial charge in [-0.3, -0.25) is 9.59 Å². The summed E-state index contributed by atoms with van der Waals surface area (Å²) in [6.07, 6.45) is -3.43. The number of amides is 2. The van der Waals surface area contributed by atoms with Gasteiger partial charge in [0.05, 0.1) is 12.0 Å². The molecular formula is C28H25F3N4O2. The van der Waals surface area contributed by atoms with Gasteiger partial charge in [-0.05, 0) is 39.6 Å². The number of nitrogens with one attached hydrogen (secondary N) is 2. The standard InChI is InChI=1S/C28H25F3N4O2/c29-28(30,31)23-11-4-2-7-21(23)15-26(36)35-24(27(37)34-17-18-12-13-25(32)33-16-18)14-20-9-5-8-19-6-1-3-10-22(19)20/h1-13,16,24H,14-15,17H2,(H2,32,33)(H,34,37)(H,35,36)/t24-/m0/s1. The van der Waals surface area contributed by atoms with E-state index < -0.39 is 36.0 Å². The predicted molar refractivity (Wildman–Crippen MR) is 135 cm³/mol. The van der Waals surface area contributed by atoms with Gasteiger partial charge < -0.3 is 16.4 Å². The van der Waals surface area contributed by atoms with Crippen LogP contribution in [0.3, 0.4) is 0 Å². The third-order valence-electron chi connectivity index (χ3n) is 5.94. The minimum absolute atomic E-state index is 0.144. The average Bonchev–Trinajstić information content (AvgIpc) is 2.87. The van der Waals surface area contributed by atoms with Gasteiger partial charge in [-0.15, -0.1) is 0 Å². The summed E-state index contributed by atoms with van der Waals surface area (Å²) < 4.78 is 40.2. The molecule has 0 saturated carbocycles. The zero-order chi connectivity index (χ0) is 26.4. The largest absolute Gasteiger partial charge is 0.416 e. The van der Waals surface area contributed by atoms with E-state index in [1.54, 1.807) is 12.1 Å². The van der Waals surface area contributed by atoms with E-state index in [4.69, 9.17) is 5.73 Å². The Kier molecular flexibility index (Phi) is 7.71. The molecule has 1 aromatic heterocycles. The highest BCUT2D eigenvalue weighted by Gasteiger charge is 2.33. The summed E-state index contributed by atoms with van der Waals surface area (Å²) in [6, 6.07) is 20.5. The molecule has 1 atom stereocenters. The molecule has 2 amide bonds. The molecule has 0 unspecified atom stereocenters. The first kappa shape index (κ1) is 25.7. The lowest BCUT2D eigenvalue weighted by Gasteiger charge is -2.20. The van der Waals surface area contributed by atoms with Crippen molar-refractivity contribution in [3.05, 3.63) is 107 Å². The maximum Gasteiger partial charge on any atom is 0.416 e. The highest BCUT2D eigenvalue weighted by molar-refractivity contribution is 5.90. The molecule has 190 valence electrons. The third-order valence-corrected chi connectivity index (χ3v) is 5.94. The zero-order valence-corrected chi connectivity index (χ0v) is 19.8. The number of aromatic nitrogens is 1. The number of halogens is 3. The second-order valence-electron chi connectivity index (χ2n) is 8.60. The van der Waals surface area contributed by atoms with Crippen LogP contribution in [-0.4, -0.2) is 22.8 Å². The first-order valence-corrected chi connectivity index (χ1v) is 11.6. The van der Waals surface area contributed by atoms with Crippen molar-refractivity contribution in [3.63, 3.8) is 0 Å². The Hall–Kier alpha value is -4.40. The number of nitrogens with zero attached hydrogens (tertiary/aromatic N) is 1. The van der Waals surface area contributed by atoms with E-state index in [0.29, 0.717) is 11.4 Å². The molecular weight excluding hydrogens is 481 g/mol. The van der Waals surface area contributed by atoms with Gasteiger partial charge in [0.1, 0.15) is 11.9 Å². The van der Waals surface area contributed by atoms with Gasteiger partial charge in [-0.2, -0.15) is 13.2 Å². The number of hydrogen-bond acceptors (Lipinski definition) is 4. The molecule has 0 saturated heterocycles. The lowest BCUT2D eigenvalue weighted by atomic mass is 9.97. The number of nitrogen functional groups attached to an aromatic ring is 1. The molecule has 9 heteroatoms. The molecule has 37 heavy (non-hydrogen) atoms. The molecule has 3 aromatic carbocycles. The lowest BCUT2D eigenvalue weighted by Crippen LogP contribution is -2.48. The summed E-state index contributed by atoms with van der Waals surface area (Å²) in [5.74, 6) is -0.816. The summed E-state index contributed by atoms with van der Waals surface area (Å²) in [5.41, 5.74) is 6.09. The van der Waals surface area contributed by atoms with Gasteiger partial charge in [-0.1, -0.05) is 66.7 Å². The molecule has 0 aliphatic rings. The molecule has 0 spiro atoms. The molecule has 0 bridgehead atoms. The first-order chi connectivity index (χ1) is 17.7. The van der Waals surface area contributed by atoms with E-state index in [-0.39, 0.29) is 18.5 Å². The minimum Gasteiger partial charge on any atom is -0.384 e. The van der Waals surface area contributed by atoms with Crippen LogP contribution >= 0.6 is 0 Å². The van der Waals surface area contributed by atoms with Crippen LogP contribution in [0.2, 0.25) is 0 Å². The second-order valence-corrected chi connectivity index (χ2v) is 8.60. The number of pyridine rings is 1. The van der Waals surface area contributed by atoms with Crippen LogP contribution in [0.4, 0.5) is 19.0 Å². The zero-order valence-electron chi connectivity index (χ0n) is 19.8. The van der Waals surface area contributed by atoms with Crippen LogP contribution in [-0.2, 0) is 35.2 Å². The van der Waals surface area contributed by atoms with E-state index in [2.05, 4.69) is 15.6 Å². The SMILES string of the molecule is Nc1ccc(CNC(=O)[C@H](Cc2cccc3ccccc23)NC(=O)Cc2ccccc2C(F)(F)F)cn1. The molecule has 4 aromatic rings. The summed E-state index contributed by atoms with van der Waals surface area (Å²) >= 11 is 0. The molecule has 0 fully saturated rings. The Morgan fingerprint density at radius 2 is 1.59 bits per heavy atom. The maximum atomic E-state index is 13.4. The number of fused-ring (bicyclic) bond motifs is 1. The van der Waals surface area contributed by atoms with Gasteiger partial charge in [0, 0.05) is 19.2 Å². The number of nitrogens with two attached hydrogens (primary N) is 1. The molecule has 0 aliphatic carbocycles. The Labute approximate surface area is 211 Å². The van der Waals surface area contributed by atoms with Crippen LogP contribution in [0.5, 0.6) is 0 Å². The molecule has 4 N–H and O–H groups in total. The number of rotatable bonds is 8. The van der Waals surface area contributed by atoms with Crippen molar-refractivity contribution < 1.29 is 22.8 Å². The molecule has 1 heterocycles. The van der Waals surface area contributed by atoms with Gasteiger partial charge in [0.2, 0.25) is 11.8 Å². The monoisotopic (exact) mass is 506 g/mol.